The fourth-order valence-corrected chi connectivity index (χ4v) is 7.91. The van der Waals surface area contributed by atoms with Crippen LogP contribution >= 0.6 is 0 Å². The van der Waals surface area contributed by atoms with Gasteiger partial charge in [0.2, 0.25) is 5.91 Å². The normalized spacial score (nSPS) is 13.7. The first-order valence-corrected chi connectivity index (χ1v) is 23.8. The van der Waals surface area contributed by atoms with Crippen LogP contribution in [0.2, 0.25) is 0 Å². The van der Waals surface area contributed by atoms with Crippen LogP contribution in [-0.4, -0.2) is 73.6 Å². The second-order valence-electron chi connectivity index (χ2n) is 16.6. The van der Waals surface area contributed by atoms with E-state index in [4.69, 9.17) is 9.47 Å². The molecule has 0 spiro atoms. The van der Waals surface area contributed by atoms with Crippen molar-refractivity contribution in [2.75, 3.05) is 45.9 Å². The molecule has 0 bridgehead atoms. The van der Waals surface area contributed by atoms with Gasteiger partial charge in [-0.05, 0) is 76.8 Å². The minimum absolute atomic E-state index is 0.0333. The van der Waals surface area contributed by atoms with Gasteiger partial charge in [-0.1, -0.05) is 156 Å². The van der Waals surface area contributed by atoms with Crippen LogP contribution in [-0.2, 0) is 23.9 Å². The van der Waals surface area contributed by atoms with E-state index in [1.807, 2.05) is 0 Å². The molecule has 1 heterocycles. The largest absolute Gasteiger partial charge is 0.466 e. The van der Waals surface area contributed by atoms with E-state index in [1.165, 1.54) is 109 Å². The van der Waals surface area contributed by atoms with Gasteiger partial charge < -0.3 is 19.3 Å². The molecule has 0 aromatic rings. The molecule has 1 unspecified atom stereocenters. The Bertz CT molecular complexity index is 861. The maximum atomic E-state index is 13.2. The molecule has 1 amide bonds. The van der Waals surface area contributed by atoms with E-state index in [0.717, 1.165) is 122 Å². The highest BCUT2D eigenvalue weighted by molar-refractivity contribution is 5.76. The molecule has 0 saturated carbocycles. The molecular weight excluding hydrogens is 673 g/mol. The van der Waals surface area contributed by atoms with Crippen molar-refractivity contribution in [1.82, 2.24) is 9.80 Å². The standard InChI is InChI=1S/C47H90N2O5/c1-4-7-10-12-13-20-29-42-53-46(51)34-23-16-14-18-25-39-49(45(50)36-41-48-37-27-28-38-48)40-26-19-15-17-24-35-47(52)54-43-30-33-44(31-21-9-6-3)32-22-11-8-5-2/h44H,4-43H2,1-3H3. The highest BCUT2D eigenvalue weighted by atomic mass is 16.5. The van der Waals surface area contributed by atoms with Crippen molar-refractivity contribution in [1.29, 1.82) is 0 Å². The van der Waals surface area contributed by atoms with Gasteiger partial charge in [0.1, 0.15) is 0 Å². The van der Waals surface area contributed by atoms with E-state index < -0.39 is 0 Å². The van der Waals surface area contributed by atoms with Crippen LogP contribution in [0.25, 0.3) is 0 Å². The summed E-state index contributed by atoms with van der Waals surface area (Å²) >= 11 is 0. The molecule has 0 radical (unpaired) electrons. The summed E-state index contributed by atoms with van der Waals surface area (Å²) in [4.78, 5) is 42.2. The highest BCUT2D eigenvalue weighted by Gasteiger charge is 2.17. The second-order valence-corrected chi connectivity index (χ2v) is 16.6. The smallest absolute Gasteiger partial charge is 0.305 e. The van der Waals surface area contributed by atoms with Gasteiger partial charge in [0, 0.05) is 38.9 Å². The zero-order chi connectivity index (χ0) is 39.2. The Morgan fingerprint density at radius 1 is 0.481 bits per heavy atom. The number of likely N-dealkylation sites (tertiary alicyclic amines) is 1. The van der Waals surface area contributed by atoms with E-state index in [-0.39, 0.29) is 11.9 Å². The number of rotatable bonds is 40. The first-order valence-electron chi connectivity index (χ1n) is 23.8. The third-order valence-electron chi connectivity index (χ3n) is 11.5. The van der Waals surface area contributed by atoms with E-state index in [0.29, 0.717) is 38.4 Å². The fraction of sp³-hybridized carbons (Fsp3) is 0.936. The molecule has 54 heavy (non-hydrogen) atoms. The Morgan fingerprint density at radius 3 is 1.44 bits per heavy atom. The van der Waals surface area contributed by atoms with E-state index >= 15 is 0 Å². The number of carbonyl (C=O) groups excluding carboxylic acids is 3. The van der Waals surface area contributed by atoms with Gasteiger partial charge in [0.25, 0.3) is 0 Å². The molecule has 7 heteroatoms. The molecule has 318 valence electrons. The number of ether oxygens (including phenoxy) is 2. The van der Waals surface area contributed by atoms with Gasteiger partial charge in [-0.3, -0.25) is 14.4 Å². The molecule has 7 nitrogen and oxygen atoms in total. The van der Waals surface area contributed by atoms with Gasteiger partial charge in [-0.15, -0.1) is 0 Å². The van der Waals surface area contributed by atoms with Gasteiger partial charge in [-0.2, -0.15) is 0 Å². The summed E-state index contributed by atoms with van der Waals surface area (Å²) in [5.41, 5.74) is 0. The molecule has 0 aromatic carbocycles. The van der Waals surface area contributed by atoms with Crippen LogP contribution in [0, 0.1) is 5.92 Å². The summed E-state index contributed by atoms with van der Waals surface area (Å²) < 4.78 is 11.0. The number of esters is 2. The lowest BCUT2D eigenvalue weighted by Gasteiger charge is -2.24. The van der Waals surface area contributed by atoms with Crippen molar-refractivity contribution >= 4 is 17.8 Å². The zero-order valence-electron chi connectivity index (χ0n) is 36.3. The summed E-state index contributed by atoms with van der Waals surface area (Å²) in [5.74, 6) is 1.02. The average Bonchev–Trinajstić information content (AvgIpc) is 3.70. The van der Waals surface area contributed by atoms with Crippen LogP contribution in [0.3, 0.4) is 0 Å². The number of nitrogens with zero attached hydrogens (tertiary/aromatic N) is 2. The van der Waals surface area contributed by atoms with Crippen LogP contribution < -0.4 is 0 Å². The lowest BCUT2D eigenvalue weighted by atomic mass is 9.91. The lowest BCUT2D eigenvalue weighted by molar-refractivity contribution is -0.144. The maximum absolute atomic E-state index is 13.2. The predicted octanol–water partition coefficient (Wildman–Crippen LogP) is 12.8. The Kier molecular flexibility index (Phi) is 35.7. The third kappa shape index (κ3) is 31.6. The first kappa shape index (κ1) is 50.4. The van der Waals surface area contributed by atoms with Gasteiger partial charge in [-0.25, -0.2) is 0 Å². The van der Waals surface area contributed by atoms with Crippen LogP contribution in [0.15, 0.2) is 0 Å². The van der Waals surface area contributed by atoms with Crippen LogP contribution in [0.4, 0.5) is 0 Å². The second kappa shape index (κ2) is 38.3. The molecular formula is C47H90N2O5. The minimum atomic E-state index is -0.0455. The lowest BCUT2D eigenvalue weighted by Crippen LogP contribution is -2.35. The number of hydrogen-bond acceptors (Lipinski definition) is 6. The van der Waals surface area contributed by atoms with E-state index in [9.17, 15) is 14.4 Å². The summed E-state index contributed by atoms with van der Waals surface area (Å²) in [5, 5.41) is 0. The van der Waals surface area contributed by atoms with Crippen LogP contribution in [0.1, 0.15) is 233 Å². The molecule has 1 aliphatic heterocycles. The maximum Gasteiger partial charge on any atom is 0.305 e. The molecule has 0 N–H and O–H groups in total. The molecule has 1 fully saturated rings. The average molecular weight is 763 g/mol. The van der Waals surface area contributed by atoms with Crippen molar-refractivity contribution in [3.05, 3.63) is 0 Å². The van der Waals surface area contributed by atoms with Gasteiger partial charge >= 0.3 is 11.9 Å². The minimum Gasteiger partial charge on any atom is -0.466 e. The molecule has 1 atom stereocenters. The Morgan fingerprint density at radius 2 is 0.889 bits per heavy atom. The van der Waals surface area contributed by atoms with Crippen LogP contribution in [0.5, 0.6) is 0 Å². The fourth-order valence-electron chi connectivity index (χ4n) is 7.91. The summed E-state index contributed by atoms with van der Waals surface area (Å²) in [7, 11) is 0. The molecule has 0 aliphatic carbocycles. The number of hydrogen-bond donors (Lipinski definition) is 0. The Hall–Kier alpha value is -1.63. The number of carbonyl (C=O) groups is 3. The Labute approximate surface area is 335 Å². The third-order valence-corrected chi connectivity index (χ3v) is 11.5. The van der Waals surface area contributed by atoms with Gasteiger partial charge in [0.05, 0.1) is 13.2 Å². The highest BCUT2D eigenvalue weighted by Crippen LogP contribution is 2.23. The molecule has 1 rings (SSSR count). The number of unbranched alkanes of at least 4 members (excludes halogenated alkanes) is 19. The Balaban J connectivity index is 2.19. The van der Waals surface area contributed by atoms with E-state index in [2.05, 4.69) is 30.6 Å². The van der Waals surface area contributed by atoms with Crippen molar-refractivity contribution < 1.29 is 23.9 Å². The van der Waals surface area contributed by atoms with Crippen molar-refractivity contribution in [3.8, 4) is 0 Å². The summed E-state index contributed by atoms with van der Waals surface area (Å²) in [6.07, 6.45) is 37.3. The van der Waals surface area contributed by atoms with Crippen molar-refractivity contribution in [3.63, 3.8) is 0 Å². The van der Waals surface area contributed by atoms with Gasteiger partial charge in [0.15, 0.2) is 0 Å². The van der Waals surface area contributed by atoms with Crippen molar-refractivity contribution in [2.45, 2.75) is 233 Å². The first-order chi connectivity index (χ1) is 26.5. The predicted molar refractivity (Wildman–Crippen MR) is 228 cm³/mol. The topological polar surface area (TPSA) is 76.1 Å². The monoisotopic (exact) mass is 763 g/mol. The molecule has 1 aliphatic rings. The quantitative estimate of drug-likeness (QED) is 0.0457. The van der Waals surface area contributed by atoms with E-state index in [1.54, 1.807) is 0 Å². The molecule has 1 saturated heterocycles. The summed E-state index contributed by atoms with van der Waals surface area (Å²) in [6.45, 7) is 12.8. The zero-order valence-corrected chi connectivity index (χ0v) is 36.3. The van der Waals surface area contributed by atoms with Crippen molar-refractivity contribution in [2.24, 2.45) is 5.92 Å². The number of amides is 1. The molecule has 0 aromatic heterocycles. The SMILES string of the molecule is CCCCCCCCCOC(=O)CCCCCCCN(CCCCCCCC(=O)OCCCC(CCCCC)CCCCCC)C(=O)CCN1CCCC1. The summed E-state index contributed by atoms with van der Waals surface area (Å²) in [6, 6.07) is 0.